The molecule has 0 saturated carbocycles. The second-order valence-corrected chi connectivity index (χ2v) is 11.4. The lowest BCUT2D eigenvalue weighted by atomic mass is 10.2. The minimum atomic E-state index is -3.51. The summed E-state index contributed by atoms with van der Waals surface area (Å²) in [6.45, 7) is 3.96. The molecule has 0 bridgehead atoms. The van der Waals surface area contributed by atoms with Crippen LogP contribution in [0.15, 0.2) is 56.8 Å². The van der Waals surface area contributed by atoms with Gasteiger partial charge in [-0.25, -0.2) is 8.42 Å². The summed E-state index contributed by atoms with van der Waals surface area (Å²) in [4.78, 5) is 18.1. The smallest absolute Gasteiger partial charge is 0.279 e. The summed E-state index contributed by atoms with van der Waals surface area (Å²) in [5.41, 5.74) is 1.42. The molecular weight excluding hydrogens is 498 g/mol. The lowest BCUT2D eigenvalue weighted by Gasteiger charge is -2.25. The highest BCUT2D eigenvalue weighted by Crippen LogP contribution is 2.23. The van der Waals surface area contributed by atoms with Crippen molar-refractivity contribution in [3.8, 4) is 0 Å². The van der Waals surface area contributed by atoms with Crippen LogP contribution in [0.25, 0.3) is 10.2 Å². The van der Waals surface area contributed by atoms with Gasteiger partial charge in [-0.05, 0) is 61.7 Å². The number of fused-ring (bicyclic) bond motifs is 1. The van der Waals surface area contributed by atoms with Crippen LogP contribution in [0.2, 0.25) is 0 Å². The summed E-state index contributed by atoms with van der Waals surface area (Å²) >= 11 is 4.96. The van der Waals surface area contributed by atoms with Gasteiger partial charge in [-0.15, -0.1) is 0 Å². The zero-order chi connectivity index (χ0) is 22.0. The van der Waals surface area contributed by atoms with E-state index in [9.17, 15) is 13.2 Å². The van der Waals surface area contributed by atoms with Gasteiger partial charge in [-0.3, -0.25) is 4.79 Å². The molecule has 0 unspecified atom stereocenters. The molecule has 0 atom stereocenters. The first kappa shape index (κ1) is 22.4. The van der Waals surface area contributed by atoms with Crippen molar-refractivity contribution in [1.82, 2.24) is 8.87 Å². The van der Waals surface area contributed by atoms with Crippen molar-refractivity contribution in [2.75, 3.05) is 13.1 Å². The Labute approximate surface area is 194 Å². The lowest BCUT2D eigenvalue weighted by molar-refractivity contribution is 0.0997. The van der Waals surface area contributed by atoms with Gasteiger partial charge in [0.2, 0.25) is 10.0 Å². The number of hydrogen-bond donors (Lipinski definition) is 0. The number of halogens is 1. The van der Waals surface area contributed by atoms with Gasteiger partial charge in [0.25, 0.3) is 5.91 Å². The van der Waals surface area contributed by atoms with Gasteiger partial charge in [-0.1, -0.05) is 40.6 Å². The largest absolute Gasteiger partial charge is 0.316 e. The van der Waals surface area contributed by atoms with Crippen LogP contribution < -0.4 is 4.80 Å². The van der Waals surface area contributed by atoms with E-state index in [2.05, 4.69) is 32.4 Å². The molecule has 2 aromatic carbocycles. The van der Waals surface area contributed by atoms with Crippen molar-refractivity contribution in [2.24, 2.45) is 4.99 Å². The number of amides is 1. The van der Waals surface area contributed by atoms with Crippen molar-refractivity contribution in [3.05, 3.63) is 57.3 Å². The van der Waals surface area contributed by atoms with E-state index in [4.69, 9.17) is 0 Å². The van der Waals surface area contributed by atoms with Crippen LogP contribution in [0.1, 0.15) is 43.0 Å². The van der Waals surface area contributed by atoms with E-state index in [0.717, 1.165) is 46.9 Å². The van der Waals surface area contributed by atoms with Crippen molar-refractivity contribution < 1.29 is 13.2 Å². The Hall–Kier alpha value is -1.81. The third-order valence-electron chi connectivity index (χ3n) is 5.34. The number of carbonyl (C=O) groups is 1. The molecule has 164 valence electrons. The summed E-state index contributed by atoms with van der Waals surface area (Å²) in [5.74, 6) is -0.377. The maximum atomic E-state index is 12.8. The average molecular weight is 522 g/mol. The number of benzene rings is 2. The first-order valence-electron chi connectivity index (χ1n) is 10.4. The normalized spacial score (nSPS) is 16.1. The number of hydrogen-bond acceptors (Lipinski definition) is 4. The molecule has 0 radical (unpaired) electrons. The van der Waals surface area contributed by atoms with E-state index in [1.165, 1.54) is 27.8 Å². The van der Waals surface area contributed by atoms with Crippen LogP contribution in [0.3, 0.4) is 0 Å². The zero-order valence-corrected chi connectivity index (χ0v) is 20.5. The summed E-state index contributed by atoms with van der Waals surface area (Å²) < 4.78 is 31.2. The standard InChI is InChI=1S/C22H24BrN3O3S2/c1-2-12-26-19-11-8-17(23)15-20(19)30-22(26)24-21(27)16-6-9-18(10-7-16)31(28,29)25-13-4-3-5-14-25/h6-11,15H,2-5,12-14H2,1H3. The Kier molecular flexibility index (Phi) is 6.76. The molecule has 6 nitrogen and oxygen atoms in total. The molecule has 1 aromatic heterocycles. The Bertz CT molecular complexity index is 1270. The van der Waals surface area contributed by atoms with Crippen LogP contribution in [0, 0.1) is 0 Å². The van der Waals surface area contributed by atoms with E-state index in [1.807, 2.05) is 18.2 Å². The number of thiazole rings is 1. The third-order valence-corrected chi connectivity index (χ3v) is 8.79. The average Bonchev–Trinajstić information content (AvgIpc) is 3.10. The van der Waals surface area contributed by atoms with E-state index >= 15 is 0 Å². The Balaban J connectivity index is 1.65. The molecule has 1 fully saturated rings. The SMILES string of the molecule is CCCn1c(=NC(=O)c2ccc(S(=O)(=O)N3CCCCC3)cc2)sc2cc(Br)ccc21. The van der Waals surface area contributed by atoms with Crippen LogP contribution >= 0.6 is 27.3 Å². The van der Waals surface area contributed by atoms with E-state index in [0.29, 0.717) is 23.5 Å². The van der Waals surface area contributed by atoms with Gasteiger partial charge in [-0.2, -0.15) is 9.30 Å². The fraction of sp³-hybridized carbons (Fsp3) is 0.364. The number of rotatable bonds is 5. The summed E-state index contributed by atoms with van der Waals surface area (Å²) in [6, 6.07) is 12.1. The molecule has 3 aromatic rings. The molecular formula is C22H24BrN3O3S2. The highest BCUT2D eigenvalue weighted by Gasteiger charge is 2.26. The maximum Gasteiger partial charge on any atom is 0.279 e. The minimum absolute atomic E-state index is 0.221. The number of aromatic nitrogens is 1. The molecule has 4 rings (SSSR count). The predicted octanol–water partition coefficient (Wildman–Crippen LogP) is 4.79. The van der Waals surface area contributed by atoms with Gasteiger partial charge in [0, 0.05) is 29.7 Å². The Morgan fingerprint density at radius 2 is 1.81 bits per heavy atom. The Morgan fingerprint density at radius 1 is 1.10 bits per heavy atom. The van der Waals surface area contributed by atoms with Crippen LogP contribution in [0.5, 0.6) is 0 Å². The van der Waals surface area contributed by atoms with Gasteiger partial charge in [0.15, 0.2) is 4.80 Å². The third kappa shape index (κ3) is 4.69. The lowest BCUT2D eigenvalue weighted by Crippen LogP contribution is -2.35. The fourth-order valence-corrected chi connectivity index (χ4v) is 6.87. The molecule has 0 N–H and O–H groups in total. The Morgan fingerprint density at radius 3 is 2.48 bits per heavy atom. The molecule has 1 amide bonds. The van der Waals surface area contributed by atoms with E-state index in [-0.39, 0.29) is 10.8 Å². The fourth-order valence-electron chi connectivity index (χ4n) is 3.75. The highest BCUT2D eigenvalue weighted by atomic mass is 79.9. The topological polar surface area (TPSA) is 71.7 Å². The highest BCUT2D eigenvalue weighted by molar-refractivity contribution is 9.10. The molecule has 31 heavy (non-hydrogen) atoms. The minimum Gasteiger partial charge on any atom is -0.316 e. The van der Waals surface area contributed by atoms with Crippen molar-refractivity contribution in [1.29, 1.82) is 0 Å². The van der Waals surface area contributed by atoms with Crippen LogP contribution in [-0.2, 0) is 16.6 Å². The summed E-state index contributed by atoms with van der Waals surface area (Å²) in [6.07, 6.45) is 3.76. The van der Waals surface area contributed by atoms with E-state index in [1.54, 1.807) is 12.1 Å². The predicted molar refractivity (Wildman–Crippen MR) is 127 cm³/mol. The molecule has 0 spiro atoms. The number of nitrogens with zero attached hydrogens (tertiary/aromatic N) is 3. The monoisotopic (exact) mass is 521 g/mol. The number of sulfonamides is 1. The molecule has 9 heteroatoms. The van der Waals surface area contributed by atoms with Crippen LogP contribution in [0.4, 0.5) is 0 Å². The number of piperidine rings is 1. The van der Waals surface area contributed by atoms with Gasteiger partial charge in [0.05, 0.1) is 15.1 Å². The van der Waals surface area contributed by atoms with Crippen molar-refractivity contribution in [2.45, 2.75) is 44.0 Å². The van der Waals surface area contributed by atoms with Crippen LogP contribution in [-0.4, -0.2) is 36.3 Å². The quantitative estimate of drug-likeness (QED) is 0.484. The number of carbonyl (C=O) groups excluding carboxylic acids is 1. The van der Waals surface area contributed by atoms with Crippen molar-refractivity contribution in [3.63, 3.8) is 0 Å². The van der Waals surface area contributed by atoms with Gasteiger partial charge in [0.1, 0.15) is 0 Å². The second kappa shape index (κ2) is 9.36. The van der Waals surface area contributed by atoms with Gasteiger partial charge >= 0.3 is 0 Å². The van der Waals surface area contributed by atoms with Crippen molar-refractivity contribution >= 4 is 53.4 Å². The van der Waals surface area contributed by atoms with E-state index < -0.39 is 10.0 Å². The number of aryl methyl sites for hydroxylation is 1. The summed E-state index contributed by atoms with van der Waals surface area (Å²) in [5, 5.41) is 0. The molecule has 1 saturated heterocycles. The first-order valence-corrected chi connectivity index (χ1v) is 13.4. The first-order chi connectivity index (χ1) is 14.9. The summed E-state index contributed by atoms with van der Waals surface area (Å²) in [7, 11) is -3.51. The zero-order valence-electron chi connectivity index (χ0n) is 17.3. The second-order valence-electron chi connectivity index (χ2n) is 7.55. The molecule has 2 heterocycles. The van der Waals surface area contributed by atoms with Gasteiger partial charge < -0.3 is 4.57 Å². The maximum absolute atomic E-state index is 12.8. The molecule has 0 aliphatic carbocycles. The molecule has 1 aliphatic rings. The molecule has 1 aliphatic heterocycles.